The van der Waals surface area contributed by atoms with Gasteiger partial charge < -0.3 is 10.6 Å². The Kier molecular flexibility index (Phi) is 2.41. The van der Waals surface area contributed by atoms with E-state index in [1.807, 2.05) is 20.8 Å². The van der Waals surface area contributed by atoms with Crippen molar-refractivity contribution in [3.8, 4) is 0 Å². The summed E-state index contributed by atoms with van der Waals surface area (Å²) >= 11 is 0. The molecule has 0 bridgehead atoms. The van der Waals surface area contributed by atoms with E-state index < -0.39 is 0 Å². The van der Waals surface area contributed by atoms with Crippen molar-refractivity contribution >= 4 is 11.9 Å². The van der Waals surface area contributed by atoms with Gasteiger partial charge in [0.1, 0.15) is 11.9 Å². The molecule has 1 aromatic heterocycles. The molecule has 0 fully saturated rings. The van der Waals surface area contributed by atoms with Crippen LogP contribution in [0.15, 0.2) is 4.99 Å². The third-order valence-corrected chi connectivity index (χ3v) is 2.86. The second kappa shape index (κ2) is 3.62. The molecule has 2 amide bonds. The predicted molar refractivity (Wildman–Crippen MR) is 60.2 cm³/mol. The Morgan fingerprint density at radius 3 is 2.69 bits per heavy atom. The van der Waals surface area contributed by atoms with Crippen LogP contribution >= 0.6 is 0 Å². The highest BCUT2D eigenvalue weighted by molar-refractivity contribution is 6.03. The fourth-order valence-corrected chi connectivity index (χ4v) is 2.09. The van der Waals surface area contributed by atoms with E-state index in [0.717, 1.165) is 17.0 Å². The van der Waals surface area contributed by atoms with Gasteiger partial charge in [0.2, 0.25) is 0 Å². The fraction of sp³-hybridized carbons (Fsp3) is 0.500. The van der Waals surface area contributed by atoms with Crippen molar-refractivity contribution in [1.29, 1.82) is 0 Å². The summed E-state index contributed by atoms with van der Waals surface area (Å²) in [5, 5.41) is 7.01. The topological polar surface area (TPSA) is 87.4 Å². The number of nitrogens with one attached hydrogen (secondary N) is 1. The van der Waals surface area contributed by atoms with Gasteiger partial charge in [0.15, 0.2) is 0 Å². The quantitative estimate of drug-likeness (QED) is 0.777. The van der Waals surface area contributed by atoms with Gasteiger partial charge in [0.25, 0.3) is 0 Å². The van der Waals surface area contributed by atoms with Crippen molar-refractivity contribution in [3.05, 3.63) is 17.0 Å². The summed E-state index contributed by atoms with van der Waals surface area (Å²) in [4.78, 5) is 17.0. The smallest absolute Gasteiger partial charge is 0.346 e. The first-order chi connectivity index (χ1) is 7.56. The lowest BCUT2D eigenvalue weighted by molar-refractivity contribution is 0.209. The Balaban J connectivity index is 2.48. The number of rotatable bonds is 2. The third kappa shape index (κ3) is 1.37. The third-order valence-electron chi connectivity index (χ3n) is 2.86. The number of urea groups is 1. The van der Waals surface area contributed by atoms with Crippen LogP contribution in [0.25, 0.3) is 0 Å². The summed E-state index contributed by atoms with van der Waals surface area (Å²) in [6, 6.07) is -0.541. The summed E-state index contributed by atoms with van der Waals surface area (Å²) in [7, 11) is 0. The van der Waals surface area contributed by atoms with Crippen LogP contribution in [0, 0.1) is 13.8 Å². The highest BCUT2D eigenvalue weighted by Gasteiger charge is 2.36. The van der Waals surface area contributed by atoms with Crippen LogP contribution in [-0.4, -0.2) is 33.5 Å². The number of amidine groups is 1. The number of aliphatic imine (C=N–C) groups is 1. The number of aryl methyl sites for hydroxylation is 2. The molecular weight excluding hydrogens is 206 g/mol. The molecule has 0 saturated heterocycles. The van der Waals surface area contributed by atoms with E-state index in [-0.39, 0.29) is 12.1 Å². The zero-order chi connectivity index (χ0) is 11.9. The molecule has 1 aliphatic heterocycles. The molecule has 3 N–H and O–H groups in total. The van der Waals surface area contributed by atoms with Crippen LogP contribution in [-0.2, 0) is 0 Å². The molecule has 6 heteroatoms. The average Bonchev–Trinajstić information content (AvgIpc) is 2.68. The van der Waals surface area contributed by atoms with Gasteiger partial charge in [-0.2, -0.15) is 10.1 Å². The van der Waals surface area contributed by atoms with Gasteiger partial charge in [-0.15, -0.1) is 0 Å². The van der Waals surface area contributed by atoms with Gasteiger partial charge >= 0.3 is 6.03 Å². The maximum atomic E-state index is 11.6. The van der Waals surface area contributed by atoms with E-state index in [2.05, 4.69) is 15.2 Å². The van der Waals surface area contributed by atoms with Crippen LogP contribution in [0.2, 0.25) is 0 Å². The van der Waals surface area contributed by atoms with E-state index >= 15 is 0 Å². The zero-order valence-corrected chi connectivity index (χ0v) is 9.61. The monoisotopic (exact) mass is 221 g/mol. The van der Waals surface area contributed by atoms with Gasteiger partial charge in [-0.05, 0) is 20.8 Å². The number of nitrogens with two attached hydrogens (primary N) is 1. The lowest BCUT2D eigenvalue weighted by Gasteiger charge is -2.22. The van der Waals surface area contributed by atoms with Gasteiger partial charge in [0.05, 0.1) is 5.69 Å². The van der Waals surface area contributed by atoms with E-state index in [1.165, 1.54) is 0 Å². The molecule has 1 unspecified atom stereocenters. The lowest BCUT2D eigenvalue weighted by atomic mass is 10.0. The van der Waals surface area contributed by atoms with Gasteiger partial charge in [-0.25, -0.2) is 4.79 Å². The van der Waals surface area contributed by atoms with Gasteiger partial charge in [-0.3, -0.25) is 5.10 Å². The lowest BCUT2D eigenvalue weighted by Crippen LogP contribution is -2.33. The largest absolute Gasteiger partial charge is 0.385 e. The molecule has 0 aliphatic carbocycles. The predicted octanol–water partition coefficient (Wildman–Crippen LogP) is 0.880. The average molecular weight is 221 g/mol. The Morgan fingerprint density at radius 1 is 1.50 bits per heavy atom. The molecule has 16 heavy (non-hydrogen) atoms. The molecular formula is C10H15N5O. The Morgan fingerprint density at radius 2 is 2.19 bits per heavy atom. The number of nitrogens with zero attached hydrogens (tertiary/aromatic N) is 3. The molecule has 6 nitrogen and oxygen atoms in total. The molecule has 2 heterocycles. The maximum absolute atomic E-state index is 11.6. The molecule has 1 aromatic rings. The van der Waals surface area contributed by atoms with Crippen molar-refractivity contribution in [2.45, 2.75) is 26.8 Å². The molecule has 0 radical (unpaired) electrons. The first kappa shape index (κ1) is 10.7. The minimum absolute atomic E-state index is 0.267. The van der Waals surface area contributed by atoms with Crippen molar-refractivity contribution in [3.63, 3.8) is 0 Å². The standard InChI is InChI=1S/C10H15N5O/c1-4-15-8(9(11)12-10(15)16)7-5(2)13-14-6(7)3/h8H,4H2,1-3H3,(H,13,14)(H2,11,12,16). The van der Waals surface area contributed by atoms with Crippen LogP contribution in [0.5, 0.6) is 0 Å². The van der Waals surface area contributed by atoms with E-state index in [1.54, 1.807) is 4.90 Å². The fourth-order valence-electron chi connectivity index (χ4n) is 2.09. The number of H-pyrrole nitrogens is 1. The molecule has 86 valence electrons. The molecule has 1 atom stereocenters. The second-order valence-corrected chi connectivity index (χ2v) is 3.86. The van der Waals surface area contributed by atoms with Crippen LogP contribution in [0.4, 0.5) is 4.79 Å². The molecule has 0 spiro atoms. The highest BCUT2D eigenvalue weighted by Crippen LogP contribution is 2.29. The van der Waals surface area contributed by atoms with Crippen molar-refractivity contribution in [1.82, 2.24) is 15.1 Å². The highest BCUT2D eigenvalue weighted by atomic mass is 16.2. The summed E-state index contributed by atoms with van der Waals surface area (Å²) in [6.45, 7) is 6.30. The minimum atomic E-state index is -0.273. The number of carbonyl (C=O) groups is 1. The number of aromatic nitrogens is 2. The van der Waals surface area contributed by atoms with Gasteiger partial charge in [0, 0.05) is 17.8 Å². The summed E-state index contributed by atoms with van der Waals surface area (Å²) < 4.78 is 0. The summed E-state index contributed by atoms with van der Waals surface area (Å²) in [6.07, 6.45) is 0. The summed E-state index contributed by atoms with van der Waals surface area (Å²) in [5.41, 5.74) is 8.54. The van der Waals surface area contributed by atoms with Crippen molar-refractivity contribution in [2.75, 3.05) is 6.54 Å². The number of hydrogen-bond donors (Lipinski definition) is 2. The minimum Gasteiger partial charge on any atom is -0.385 e. The Hall–Kier alpha value is -1.85. The number of likely N-dealkylation sites (N-methyl/N-ethyl adjacent to an activating group) is 1. The molecule has 0 aromatic carbocycles. The Labute approximate surface area is 93.5 Å². The van der Waals surface area contributed by atoms with E-state index in [0.29, 0.717) is 12.4 Å². The molecule has 0 saturated carbocycles. The number of carbonyl (C=O) groups excluding carboxylic acids is 1. The maximum Gasteiger partial charge on any atom is 0.346 e. The van der Waals surface area contributed by atoms with Crippen LogP contribution in [0.3, 0.4) is 0 Å². The number of hydrogen-bond acceptors (Lipinski definition) is 3. The normalized spacial score (nSPS) is 20.4. The molecule has 1 aliphatic rings. The number of aromatic amines is 1. The van der Waals surface area contributed by atoms with E-state index in [9.17, 15) is 4.79 Å². The molecule has 2 rings (SSSR count). The second-order valence-electron chi connectivity index (χ2n) is 3.86. The van der Waals surface area contributed by atoms with E-state index in [4.69, 9.17) is 5.73 Å². The zero-order valence-electron chi connectivity index (χ0n) is 9.61. The first-order valence-corrected chi connectivity index (χ1v) is 5.22. The SMILES string of the molecule is CCN1C(=O)N=C(N)C1c1c(C)n[nH]c1C. The number of amides is 2. The first-order valence-electron chi connectivity index (χ1n) is 5.22. The van der Waals surface area contributed by atoms with Gasteiger partial charge in [-0.1, -0.05) is 0 Å². The summed E-state index contributed by atoms with van der Waals surface area (Å²) in [5.74, 6) is 0.347. The van der Waals surface area contributed by atoms with Crippen LogP contribution < -0.4 is 5.73 Å². The van der Waals surface area contributed by atoms with Crippen molar-refractivity contribution in [2.24, 2.45) is 10.7 Å². The van der Waals surface area contributed by atoms with Crippen molar-refractivity contribution < 1.29 is 4.79 Å². The van der Waals surface area contributed by atoms with Crippen LogP contribution in [0.1, 0.15) is 29.9 Å². The Bertz CT molecular complexity index is 442.